The molecule has 1 unspecified atom stereocenters. The van der Waals surface area contributed by atoms with Gasteiger partial charge in [0.05, 0.1) is 0 Å². The van der Waals surface area contributed by atoms with Gasteiger partial charge in [-0.25, -0.2) is 5.01 Å². The van der Waals surface area contributed by atoms with Crippen LogP contribution in [-0.4, -0.2) is 23.2 Å². The van der Waals surface area contributed by atoms with Gasteiger partial charge in [0.25, 0.3) is 0 Å². The first-order valence-corrected chi connectivity index (χ1v) is 10.7. The van der Waals surface area contributed by atoms with E-state index < -0.39 is 11.2 Å². The molecule has 0 aromatic heterocycles. The van der Waals surface area contributed by atoms with Crippen LogP contribution in [0.5, 0.6) is 0 Å². The summed E-state index contributed by atoms with van der Waals surface area (Å²) >= 11 is 5.61. The van der Waals surface area contributed by atoms with Crippen molar-refractivity contribution in [3.05, 3.63) is 71.8 Å². The van der Waals surface area contributed by atoms with Gasteiger partial charge in [-0.1, -0.05) is 81.4 Å². The van der Waals surface area contributed by atoms with Gasteiger partial charge < -0.3 is 5.32 Å². The van der Waals surface area contributed by atoms with E-state index in [1.54, 1.807) is 0 Å². The molecule has 0 bridgehead atoms. The Morgan fingerprint density at radius 3 is 1.86 bits per heavy atom. The molecule has 2 rings (SSSR count). The number of hydrazine groups is 1. The van der Waals surface area contributed by atoms with Gasteiger partial charge in [-0.3, -0.25) is 5.43 Å². The maximum Gasteiger partial charge on any atom is 0.183 e. The van der Waals surface area contributed by atoms with Gasteiger partial charge in [-0.15, -0.1) is 0 Å². The number of rotatable bonds is 9. The number of azo groups is 1. The first-order valence-electron chi connectivity index (χ1n) is 10.3. The van der Waals surface area contributed by atoms with Crippen LogP contribution in [0.25, 0.3) is 0 Å². The molecule has 0 saturated heterocycles. The molecular formula is C23H33N5S. The van der Waals surface area contributed by atoms with Crippen molar-refractivity contribution >= 4 is 17.3 Å². The third-order valence-electron chi connectivity index (χ3n) is 5.06. The Kier molecular flexibility index (Phi) is 8.29. The number of hydrogen-bond donors (Lipinski definition) is 2. The third-order valence-corrected chi connectivity index (χ3v) is 5.25. The van der Waals surface area contributed by atoms with E-state index in [9.17, 15) is 0 Å². The van der Waals surface area contributed by atoms with Gasteiger partial charge in [-0.2, -0.15) is 10.2 Å². The molecule has 29 heavy (non-hydrogen) atoms. The summed E-state index contributed by atoms with van der Waals surface area (Å²) in [5.41, 5.74) is 4.20. The summed E-state index contributed by atoms with van der Waals surface area (Å²) < 4.78 is 0. The Balaban J connectivity index is 2.38. The van der Waals surface area contributed by atoms with E-state index in [0.717, 1.165) is 24.2 Å². The van der Waals surface area contributed by atoms with E-state index in [0.29, 0.717) is 11.5 Å². The molecule has 5 nitrogen and oxygen atoms in total. The van der Waals surface area contributed by atoms with Crippen LogP contribution >= 0.6 is 12.2 Å². The molecule has 6 heteroatoms. The summed E-state index contributed by atoms with van der Waals surface area (Å²) in [5, 5.41) is 15.7. The average Bonchev–Trinajstić information content (AvgIpc) is 2.76. The Morgan fingerprint density at radius 1 is 0.862 bits per heavy atom. The molecule has 0 radical (unpaired) electrons. The highest BCUT2D eigenvalue weighted by Gasteiger charge is 2.33. The van der Waals surface area contributed by atoms with Crippen molar-refractivity contribution < 1.29 is 0 Å². The van der Waals surface area contributed by atoms with Gasteiger partial charge in [0.15, 0.2) is 10.8 Å². The van der Waals surface area contributed by atoms with Crippen molar-refractivity contribution in [2.24, 2.45) is 10.2 Å². The Hall–Kier alpha value is -2.31. The maximum absolute atomic E-state index is 5.61. The Bertz CT molecular complexity index is 787. The SMILES string of the molecule is CCN(CC)NC(=S)NC(CC)(/N=N/C(C)(C)c1ccccc1)c1ccccc1. The average molecular weight is 412 g/mol. The van der Waals surface area contributed by atoms with Gasteiger partial charge in [-0.05, 0) is 38.0 Å². The second-order valence-electron chi connectivity index (χ2n) is 7.44. The molecule has 2 aromatic rings. The third kappa shape index (κ3) is 6.08. The Morgan fingerprint density at radius 2 is 1.38 bits per heavy atom. The van der Waals surface area contributed by atoms with Crippen molar-refractivity contribution in [1.82, 2.24) is 15.8 Å². The molecule has 1 atom stereocenters. The van der Waals surface area contributed by atoms with Gasteiger partial charge in [0, 0.05) is 18.7 Å². The lowest BCUT2D eigenvalue weighted by atomic mass is 9.95. The molecule has 0 spiro atoms. The highest BCUT2D eigenvalue weighted by Crippen LogP contribution is 2.31. The fourth-order valence-corrected chi connectivity index (χ4v) is 3.39. The lowest BCUT2D eigenvalue weighted by molar-refractivity contribution is 0.252. The minimum atomic E-state index is -0.745. The van der Waals surface area contributed by atoms with Crippen LogP contribution in [0.3, 0.4) is 0 Å². The van der Waals surface area contributed by atoms with Crippen LogP contribution in [0.2, 0.25) is 0 Å². The van der Waals surface area contributed by atoms with Crippen LogP contribution in [0, 0.1) is 0 Å². The maximum atomic E-state index is 5.61. The normalized spacial score (nSPS) is 14.0. The molecule has 2 N–H and O–H groups in total. The van der Waals surface area contributed by atoms with Crippen LogP contribution in [0.4, 0.5) is 0 Å². The molecule has 2 aromatic carbocycles. The topological polar surface area (TPSA) is 52.0 Å². The van der Waals surface area contributed by atoms with Crippen molar-refractivity contribution in [2.75, 3.05) is 13.1 Å². The lowest BCUT2D eigenvalue weighted by Crippen LogP contribution is -2.53. The Labute approximate surface area is 180 Å². The monoisotopic (exact) mass is 411 g/mol. The molecule has 0 saturated carbocycles. The van der Waals surface area contributed by atoms with Gasteiger partial charge in [0.2, 0.25) is 0 Å². The number of benzene rings is 2. The number of thiocarbonyl (C=S) groups is 1. The molecule has 0 aliphatic rings. The summed E-state index contributed by atoms with van der Waals surface area (Å²) in [6.07, 6.45) is 0.700. The zero-order valence-electron chi connectivity index (χ0n) is 18.1. The highest BCUT2D eigenvalue weighted by atomic mass is 32.1. The van der Waals surface area contributed by atoms with E-state index in [1.807, 2.05) is 41.4 Å². The van der Waals surface area contributed by atoms with Crippen molar-refractivity contribution in [3.8, 4) is 0 Å². The van der Waals surface area contributed by atoms with E-state index in [4.69, 9.17) is 22.4 Å². The van der Waals surface area contributed by atoms with E-state index in [2.05, 4.69) is 69.6 Å². The zero-order chi connectivity index (χ0) is 21.3. The number of hydrogen-bond acceptors (Lipinski definition) is 4. The fourth-order valence-electron chi connectivity index (χ4n) is 3.09. The number of nitrogens with one attached hydrogen (secondary N) is 2. The summed E-state index contributed by atoms with van der Waals surface area (Å²) in [7, 11) is 0. The molecule has 0 fully saturated rings. The van der Waals surface area contributed by atoms with Crippen molar-refractivity contribution in [3.63, 3.8) is 0 Å². The second kappa shape index (κ2) is 10.5. The summed E-state index contributed by atoms with van der Waals surface area (Å²) in [6.45, 7) is 12.1. The quantitative estimate of drug-likeness (QED) is 0.331. The molecule has 0 heterocycles. The molecule has 156 valence electrons. The fraction of sp³-hybridized carbons (Fsp3) is 0.435. The molecular weight excluding hydrogens is 378 g/mol. The molecule has 0 amide bonds. The van der Waals surface area contributed by atoms with Gasteiger partial charge >= 0.3 is 0 Å². The lowest BCUT2D eigenvalue weighted by Gasteiger charge is -2.33. The molecule has 0 aliphatic carbocycles. The van der Waals surface area contributed by atoms with E-state index in [-0.39, 0.29) is 0 Å². The van der Waals surface area contributed by atoms with Crippen molar-refractivity contribution in [1.29, 1.82) is 0 Å². The van der Waals surface area contributed by atoms with E-state index >= 15 is 0 Å². The predicted molar refractivity (Wildman–Crippen MR) is 125 cm³/mol. The zero-order valence-corrected chi connectivity index (χ0v) is 19.0. The predicted octanol–water partition coefficient (Wildman–Crippen LogP) is 5.36. The largest absolute Gasteiger partial charge is 0.332 e. The van der Waals surface area contributed by atoms with Crippen LogP contribution in [-0.2, 0) is 11.2 Å². The van der Waals surface area contributed by atoms with Gasteiger partial charge in [0.1, 0.15) is 5.54 Å². The second-order valence-corrected chi connectivity index (χ2v) is 7.85. The summed E-state index contributed by atoms with van der Waals surface area (Å²) in [6, 6.07) is 20.4. The summed E-state index contributed by atoms with van der Waals surface area (Å²) in [4.78, 5) is 0. The highest BCUT2D eigenvalue weighted by molar-refractivity contribution is 7.80. The van der Waals surface area contributed by atoms with Crippen molar-refractivity contribution in [2.45, 2.75) is 52.2 Å². The van der Waals surface area contributed by atoms with E-state index in [1.165, 1.54) is 0 Å². The first-order chi connectivity index (χ1) is 13.9. The molecule has 0 aliphatic heterocycles. The van der Waals surface area contributed by atoms with Crippen LogP contribution in [0.1, 0.15) is 52.2 Å². The first kappa shape index (κ1) is 23.0. The van der Waals surface area contributed by atoms with Crippen LogP contribution < -0.4 is 10.7 Å². The summed E-state index contributed by atoms with van der Waals surface area (Å²) in [5.74, 6) is 0. The minimum absolute atomic E-state index is 0.452. The smallest absolute Gasteiger partial charge is 0.183 e. The van der Waals surface area contributed by atoms with Crippen LogP contribution in [0.15, 0.2) is 70.9 Å². The number of nitrogens with zero attached hydrogens (tertiary/aromatic N) is 3. The minimum Gasteiger partial charge on any atom is -0.332 e. The standard InChI is InChI=1S/C23H33N5S/c1-6-23(20-17-13-10-14-18-20,24-21(29)25-28(7-2)8-3)27-26-22(4,5)19-15-11-9-12-16-19/h9-18H,6-8H2,1-5H3,(H2,24,25,29)/b27-26+.